The van der Waals surface area contributed by atoms with Crippen LogP contribution in [-0.4, -0.2) is 24.0 Å². The Hall–Kier alpha value is -3.41. The third-order valence-electron chi connectivity index (χ3n) is 3.44. The number of urea groups is 1. The quantitative estimate of drug-likeness (QED) is 0.693. The first kappa shape index (κ1) is 15.5. The van der Waals surface area contributed by atoms with Gasteiger partial charge in [-0.3, -0.25) is 4.79 Å². The highest BCUT2D eigenvalue weighted by molar-refractivity contribution is 6.04. The topological polar surface area (TPSA) is 83.1 Å². The summed E-state index contributed by atoms with van der Waals surface area (Å²) < 4.78 is 0. The van der Waals surface area contributed by atoms with Gasteiger partial charge in [0.1, 0.15) is 5.69 Å². The van der Waals surface area contributed by atoms with Gasteiger partial charge in [0.15, 0.2) is 0 Å². The van der Waals surface area contributed by atoms with E-state index in [1.165, 1.54) is 7.05 Å². The molecule has 0 atom stereocenters. The molecule has 3 rings (SSSR count). The van der Waals surface area contributed by atoms with Crippen molar-refractivity contribution in [3.63, 3.8) is 0 Å². The van der Waals surface area contributed by atoms with E-state index in [4.69, 9.17) is 0 Å². The summed E-state index contributed by atoms with van der Waals surface area (Å²) in [6.07, 6.45) is 0. The third kappa shape index (κ3) is 3.49. The molecule has 0 aliphatic heterocycles. The number of aromatic nitrogens is 1. The number of nitrogens with zero attached hydrogens (tertiary/aromatic N) is 1. The molecular formula is C18H16N4O2. The Bertz CT molecular complexity index is 908. The number of nitrogens with one attached hydrogen (secondary N) is 3. The molecule has 0 saturated carbocycles. The minimum absolute atomic E-state index is 0.308. The smallest absolute Gasteiger partial charge is 0.318 e. The van der Waals surface area contributed by atoms with Crippen molar-refractivity contribution < 1.29 is 9.59 Å². The van der Waals surface area contributed by atoms with Gasteiger partial charge in [-0.1, -0.05) is 30.3 Å². The number of carbonyl (C=O) groups excluding carboxylic acids is 2. The third-order valence-corrected chi connectivity index (χ3v) is 3.44. The van der Waals surface area contributed by atoms with Crippen LogP contribution in [0.25, 0.3) is 10.9 Å². The van der Waals surface area contributed by atoms with E-state index in [1.807, 2.05) is 30.3 Å². The molecular weight excluding hydrogens is 304 g/mol. The molecule has 0 saturated heterocycles. The van der Waals surface area contributed by atoms with Crippen molar-refractivity contribution in [1.29, 1.82) is 0 Å². The fourth-order valence-electron chi connectivity index (χ4n) is 2.26. The lowest BCUT2D eigenvalue weighted by Crippen LogP contribution is -2.24. The highest BCUT2D eigenvalue weighted by Gasteiger charge is 2.09. The second-order valence-electron chi connectivity index (χ2n) is 5.13. The molecule has 24 heavy (non-hydrogen) atoms. The number of amides is 3. The van der Waals surface area contributed by atoms with E-state index in [0.717, 1.165) is 10.9 Å². The van der Waals surface area contributed by atoms with E-state index < -0.39 is 0 Å². The second kappa shape index (κ2) is 6.78. The highest BCUT2D eigenvalue weighted by atomic mass is 16.2. The van der Waals surface area contributed by atoms with Crippen molar-refractivity contribution in [1.82, 2.24) is 10.3 Å². The van der Waals surface area contributed by atoms with Crippen LogP contribution in [0.5, 0.6) is 0 Å². The van der Waals surface area contributed by atoms with Crippen molar-refractivity contribution in [2.45, 2.75) is 0 Å². The monoisotopic (exact) mass is 320 g/mol. The van der Waals surface area contributed by atoms with Gasteiger partial charge in [0.25, 0.3) is 5.91 Å². The zero-order chi connectivity index (χ0) is 16.9. The van der Waals surface area contributed by atoms with E-state index >= 15 is 0 Å². The number of hydrogen-bond acceptors (Lipinski definition) is 3. The van der Waals surface area contributed by atoms with Crippen LogP contribution in [0.4, 0.5) is 16.2 Å². The molecule has 0 unspecified atom stereocenters. The largest absolute Gasteiger partial charge is 0.341 e. The number of hydrogen-bond donors (Lipinski definition) is 3. The number of rotatable bonds is 3. The van der Waals surface area contributed by atoms with Crippen LogP contribution in [0, 0.1) is 0 Å². The molecule has 6 heteroatoms. The van der Waals surface area contributed by atoms with E-state index in [2.05, 4.69) is 20.9 Å². The second-order valence-corrected chi connectivity index (χ2v) is 5.13. The number of fused-ring (bicyclic) bond motifs is 1. The van der Waals surface area contributed by atoms with Crippen LogP contribution in [0.2, 0.25) is 0 Å². The summed E-state index contributed by atoms with van der Waals surface area (Å²) in [5.74, 6) is -0.308. The molecule has 3 aromatic rings. The van der Waals surface area contributed by atoms with Gasteiger partial charge in [-0.2, -0.15) is 0 Å². The summed E-state index contributed by atoms with van der Waals surface area (Å²) in [7, 11) is 1.53. The fourth-order valence-corrected chi connectivity index (χ4v) is 2.26. The number of benzene rings is 2. The molecule has 2 aromatic carbocycles. The molecule has 3 amide bonds. The fraction of sp³-hybridized carbons (Fsp3) is 0.0556. The van der Waals surface area contributed by atoms with Gasteiger partial charge in [0, 0.05) is 23.8 Å². The highest BCUT2D eigenvalue weighted by Crippen LogP contribution is 2.17. The van der Waals surface area contributed by atoms with Crippen molar-refractivity contribution in [3.8, 4) is 0 Å². The summed E-state index contributed by atoms with van der Waals surface area (Å²) in [5.41, 5.74) is 2.25. The van der Waals surface area contributed by atoms with Crippen LogP contribution in [-0.2, 0) is 0 Å². The van der Waals surface area contributed by atoms with E-state index in [9.17, 15) is 9.59 Å². The molecule has 3 N–H and O–H groups in total. The average molecular weight is 320 g/mol. The maximum atomic E-state index is 12.4. The Balaban J connectivity index is 1.78. The lowest BCUT2D eigenvalue weighted by atomic mass is 10.2. The van der Waals surface area contributed by atoms with Gasteiger partial charge in [-0.05, 0) is 30.3 Å². The van der Waals surface area contributed by atoms with Gasteiger partial charge in [0.05, 0.1) is 5.52 Å². The predicted molar refractivity (Wildman–Crippen MR) is 94.2 cm³/mol. The summed E-state index contributed by atoms with van der Waals surface area (Å²) >= 11 is 0. The van der Waals surface area contributed by atoms with Crippen LogP contribution in [0.15, 0.2) is 60.7 Å². The first-order valence-electron chi connectivity index (χ1n) is 7.41. The van der Waals surface area contributed by atoms with Gasteiger partial charge in [-0.25, -0.2) is 9.78 Å². The maximum absolute atomic E-state index is 12.4. The lowest BCUT2D eigenvalue weighted by Gasteiger charge is -2.08. The van der Waals surface area contributed by atoms with Crippen molar-refractivity contribution in [2.75, 3.05) is 17.7 Å². The number of anilines is 2. The number of para-hydroxylation sites is 1. The Morgan fingerprint density at radius 2 is 1.62 bits per heavy atom. The molecule has 120 valence electrons. The molecule has 0 spiro atoms. The summed E-state index contributed by atoms with van der Waals surface area (Å²) in [6, 6.07) is 17.7. The number of pyridine rings is 1. The van der Waals surface area contributed by atoms with Crippen LogP contribution in [0.3, 0.4) is 0 Å². The minimum atomic E-state index is -0.324. The first-order chi connectivity index (χ1) is 11.7. The lowest BCUT2D eigenvalue weighted by molar-refractivity contribution is 0.102. The average Bonchev–Trinajstić information content (AvgIpc) is 2.61. The van der Waals surface area contributed by atoms with Gasteiger partial charge in [0.2, 0.25) is 0 Å². The Morgan fingerprint density at radius 3 is 2.42 bits per heavy atom. The van der Waals surface area contributed by atoms with E-state index in [-0.39, 0.29) is 11.9 Å². The standard InChI is InChI=1S/C18H16N4O2/c1-19-18(24)21-14-7-4-6-13(11-14)20-17(23)16-10-9-12-5-2-3-8-15(12)22-16/h2-11H,1H3,(H,20,23)(H2,19,21,24). The molecule has 1 heterocycles. The summed E-state index contributed by atoms with van der Waals surface area (Å²) in [6.45, 7) is 0. The molecule has 0 bridgehead atoms. The first-order valence-corrected chi connectivity index (χ1v) is 7.41. The van der Waals surface area contributed by atoms with E-state index in [1.54, 1.807) is 30.3 Å². The minimum Gasteiger partial charge on any atom is -0.341 e. The Morgan fingerprint density at radius 1 is 0.875 bits per heavy atom. The van der Waals surface area contributed by atoms with Crippen LogP contribution in [0.1, 0.15) is 10.5 Å². The zero-order valence-corrected chi connectivity index (χ0v) is 13.0. The molecule has 1 aromatic heterocycles. The molecule has 6 nitrogen and oxygen atoms in total. The molecule has 0 aliphatic carbocycles. The maximum Gasteiger partial charge on any atom is 0.318 e. The normalized spacial score (nSPS) is 10.2. The van der Waals surface area contributed by atoms with Gasteiger partial charge < -0.3 is 16.0 Å². The molecule has 0 aliphatic rings. The van der Waals surface area contributed by atoms with Crippen LogP contribution >= 0.6 is 0 Å². The Labute approximate surface area is 138 Å². The van der Waals surface area contributed by atoms with E-state index in [0.29, 0.717) is 17.1 Å². The van der Waals surface area contributed by atoms with Crippen LogP contribution < -0.4 is 16.0 Å². The predicted octanol–water partition coefficient (Wildman–Crippen LogP) is 3.24. The SMILES string of the molecule is CNC(=O)Nc1cccc(NC(=O)c2ccc3ccccc3n2)c1. The number of carbonyl (C=O) groups is 2. The summed E-state index contributed by atoms with van der Waals surface area (Å²) in [4.78, 5) is 28.1. The Kier molecular flexibility index (Phi) is 4.38. The summed E-state index contributed by atoms with van der Waals surface area (Å²) in [5, 5.41) is 8.88. The molecule has 0 radical (unpaired) electrons. The van der Waals surface area contributed by atoms with Crippen molar-refractivity contribution in [3.05, 3.63) is 66.4 Å². The zero-order valence-electron chi connectivity index (χ0n) is 13.0. The van der Waals surface area contributed by atoms with Crippen molar-refractivity contribution in [2.24, 2.45) is 0 Å². The van der Waals surface area contributed by atoms with Gasteiger partial charge >= 0.3 is 6.03 Å². The molecule has 0 fully saturated rings. The van der Waals surface area contributed by atoms with Gasteiger partial charge in [-0.15, -0.1) is 0 Å². The van der Waals surface area contributed by atoms with Crippen molar-refractivity contribution >= 4 is 34.2 Å².